The van der Waals surface area contributed by atoms with Crippen molar-refractivity contribution in [3.63, 3.8) is 0 Å². The fourth-order valence-electron chi connectivity index (χ4n) is 3.57. The van der Waals surface area contributed by atoms with Gasteiger partial charge in [-0.1, -0.05) is 6.42 Å². The van der Waals surface area contributed by atoms with Crippen molar-refractivity contribution >= 4 is 36.6 Å². The molecular formula is C17H32Cl2N4O3. The summed E-state index contributed by atoms with van der Waals surface area (Å²) in [6.45, 7) is 5.91. The van der Waals surface area contributed by atoms with Gasteiger partial charge < -0.3 is 20.7 Å². The molecule has 0 aromatic heterocycles. The molecule has 2 aliphatic heterocycles. The lowest BCUT2D eigenvalue weighted by molar-refractivity contribution is -0.139. The van der Waals surface area contributed by atoms with E-state index in [1.54, 1.807) is 0 Å². The SMILES string of the molecule is Cl.Cl.NC1(C(=O)NCCN2CCN(C(=O)C3CCC3)CC2)CCOCC1. The number of hydrogen-bond donors (Lipinski definition) is 2. The summed E-state index contributed by atoms with van der Waals surface area (Å²) in [6.07, 6.45) is 4.50. The largest absolute Gasteiger partial charge is 0.381 e. The molecule has 2 saturated heterocycles. The fraction of sp³-hybridized carbons (Fsp3) is 0.882. The van der Waals surface area contributed by atoms with Crippen molar-refractivity contribution in [2.45, 2.75) is 37.6 Å². The summed E-state index contributed by atoms with van der Waals surface area (Å²) in [5.41, 5.74) is 5.40. The van der Waals surface area contributed by atoms with E-state index in [0.717, 1.165) is 45.6 Å². The molecule has 3 N–H and O–H groups in total. The van der Waals surface area contributed by atoms with Crippen molar-refractivity contribution in [2.75, 3.05) is 52.5 Å². The van der Waals surface area contributed by atoms with E-state index in [1.807, 2.05) is 4.90 Å². The number of rotatable bonds is 5. The number of amides is 2. The molecule has 1 aliphatic carbocycles. The lowest BCUT2D eigenvalue weighted by Gasteiger charge is -2.38. The lowest BCUT2D eigenvalue weighted by atomic mass is 9.84. The van der Waals surface area contributed by atoms with Crippen LogP contribution in [0, 0.1) is 5.92 Å². The van der Waals surface area contributed by atoms with Gasteiger partial charge in [0.25, 0.3) is 0 Å². The first-order valence-corrected chi connectivity index (χ1v) is 9.24. The fourth-order valence-corrected chi connectivity index (χ4v) is 3.57. The van der Waals surface area contributed by atoms with Crippen LogP contribution in [0.1, 0.15) is 32.1 Å². The van der Waals surface area contributed by atoms with Crippen LogP contribution in [-0.4, -0.2) is 79.6 Å². The van der Waals surface area contributed by atoms with E-state index in [4.69, 9.17) is 10.5 Å². The average Bonchev–Trinajstić information content (AvgIpc) is 2.54. The van der Waals surface area contributed by atoms with E-state index in [-0.39, 0.29) is 36.6 Å². The number of nitrogens with zero attached hydrogens (tertiary/aromatic N) is 2. The standard InChI is InChI=1S/C17H30N4O3.2ClH/c18-17(4-12-24-13-5-17)16(23)19-6-7-20-8-10-21(11-9-20)15(22)14-2-1-3-14;;/h14H,1-13,18H2,(H,19,23);2*1H. The van der Waals surface area contributed by atoms with E-state index in [1.165, 1.54) is 6.42 Å². The smallest absolute Gasteiger partial charge is 0.240 e. The van der Waals surface area contributed by atoms with Gasteiger partial charge in [0.05, 0.1) is 5.54 Å². The van der Waals surface area contributed by atoms with Gasteiger partial charge in [-0.15, -0.1) is 24.8 Å². The summed E-state index contributed by atoms with van der Waals surface area (Å²) in [5, 5.41) is 2.97. The number of piperazine rings is 1. The molecule has 0 bridgehead atoms. The predicted molar refractivity (Wildman–Crippen MR) is 105 cm³/mol. The number of hydrogen-bond acceptors (Lipinski definition) is 5. The van der Waals surface area contributed by atoms with Crippen LogP contribution in [0.2, 0.25) is 0 Å². The van der Waals surface area contributed by atoms with Gasteiger partial charge in [-0.2, -0.15) is 0 Å². The highest BCUT2D eigenvalue weighted by molar-refractivity contribution is 5.86. The lowest BCUT2D eigenvalue weighted by Crippen LogP contribution is -2.58. The minimum absolute atomic E-state index is 0. The van der Waals surface area contributed by atoms with E-state index in [0.29, 0.717) is 38.5 Å². The summed E-state index contributed by atoms with van der Waals surface area (Å²) in [6, 6.07) is 0. The second-order valence-corrected chi connectivity index (χ2v) is 7.32. The van der Waals surface area contributed by atoms with Crippen LogP contribution in [0.4, 0.5) is 0 Å². The van der Waals surface area contributed by atoms with Crippen molar-refractivity contribution < 1.29 is 14.3 Å². The van der Waals surface area contributed by atoms with Crippen molar-refractivity contribution in [1.82, 2.24) is 15.1 Å². The molecule has 1 saturated carbocycles. The van der Waals surface area contributed by atoms with Gasteiger partial charge in [-0.3, -0.25) is 14.5 Å². The molecule has 2 heterocycles. The zero-order chi connectivity index (χ0) is 17.0. The monoisotopic (exact) mass is 410 g/mol. The Hall–Kier alpha value is -0.600. The minimum atomic E-state index is -0.772. The zero-order valence-corrected chi connectivity index (χ0v) is 16.9. The number of nitrogens with one attached hydrogen (secondary N) is 1. The van der Waals surface area contributed by atoms with Crippen molar-refractivity contribution in [2.24, 2.45) is 11.7 Å². The van der Waals surface area contributed by atoms with Crippen LogP contribution in [-0.2, 0) is 14.3 Å². The number of nitrogens with two attached hydrogens (primary N) is 1. The Bertz CT molecular complexity index is 463. The van der Waals surface area contributed by atoms with Gasteiger partial charge >= 0.3 is 0 Å². The first kappa shape index (κ1) is 23.4. The topological polar surface area (TPSA) is 87.9 Å². The maximum atomic E-state index is 12.3. The summed E-state index contributed by atoms with van der Waals surface area (Å²) < 4.78 is 5.27. The van der Waals surface area contributed by atoms with Crippen LogP contribution in [0.5, 0.6) is 0 Å². The second-order valence-electron chi connectivity index (χ2n) is 7.32. The molecule has 0 spiro atoms. The first-order valence-electron chi connectivity index (χ1n) is 9.24. The summed E-state index contributed by atoms with van der Waals surface area (Å²) >= 11 is 0. The van der Waals surface area contributed by atoms with Gasteiger partial charge in [0, 0.05) is 58.4 Å². The van der Waals surface area contributed by atoms with Gasteiger partial charge in [0.2, 0.25) is 11.8 Å². The Balaban J connectivity index is 0.00000169. The molecule has 9 heteroatoms. The van der Waals surface area contributed by atoms with Crippen LogP contribution in [0.25, 0.3) is 0 Å². The molecule has 152 valence electrons. The maximum absolute atomic E-state index is 12.3. The molecule has 0 aromatic rings. The molecule has 0 radical (unpaired) electrons. The van der Waals surface area contributed by atoms with E-state index < -0.39 is 5.54 Å². The molecule has 3 aliphatic rings. The molecule has 0 atom stereocenters. The Morgan fingerprint density at radius 1 is 1.08 bits per heavy atom. The third-order valence-electron chi connectivity index (χ3n) is 5.69. The van der Waals surface area contributed by atoms with Crippen LogP contribution >= 0.6 is 24.8 Å². The van der Waals surface area contributed by atoms with Crippen molar-refractivity contribution in [3.8, 4) is 0 Å². The molecule has 2 amide bonds. The molecule has 3 fully saturated rings. The van der Waals surface area contributed by atoms with E-state index >= 15 is 0 Å². The summed E-state index contributed by atoms with van der Waals surface area (Å²) in [7, 11) is 0. The van der Waals surface area contributed by atoms with Gasteiger partial charge in [0.15, 0.2) is 0 Å². The Morgan fingerprint density at radius 2 is 1.69 bits per heavy atom. The van der Waals surface area contributed by atoms with E-state index in [2.05, 4.69) is 10.2 Å². The molecule has 3 rings (SSSR count). The third kappa shape index (κ3) is 5.70. The molecular weight excluding hydrogens is 379 g/mol. The van der Waals surface area contributed by atoms with Gasteiger partial charge in [-0.25, -0.2) is 0 Å². The average molecular weight is 411 g/mol. The van der Waals surface area contributed by atoms with Crippen molar-refractivity contribution in [1.29, 1.82) is 0 Å². The number of carbonyl (C=O) groups is 2. The number of ether oxygens (including phenoxy) is 1. The highest BCUT2D eigenvalue weighted by Gasteiger charge is 2.36. The molecule has 26 heavy (non-hydrogen) atoms. The number of carbonyl (C=O) groups excluding carboxylic acids is 2. The quantitative estimate of drug-likeness (QED) is 0.684. The summed E-state index contributed by atoms with van der Waals surface area (Å²) in [5.74, 6) is 0.569. The van der Waals surface area contributed by atoms with Crippen molar-refractivity contribution in [3.05, 3.63) is 0 Å². The zero-order valence-electron chi connectivity index (χ0n) is 15.3. The minimum Gasteiger partial charge on any atom is -0.381 e. The summed E-state index contributed by atoms with van der Waals surface area (Å²) in [4.78, 5) is 28.8. The van der Waals surface area contributed by atoms with E-state index in [9.17, 15) is 9.59 Å². The molecule has 7 nitrogen and oxygen atoms in total. The Kier molecular flexibility index (Phi) is 9.61. The highest BCUT2D eigenvalue weighted by Crippen LogP contribution is 2.28. The third-order valence-corrected chi connectivity index (χ3v) is 5.69. The van der Waals surface area contributed by atoms with Gasteiger partial charge in [0.1, 0.15) is 0 Å². The molecule has 0 aromatic carbocycles. The normalized spacial score (nSPS) is 23.2. The van der Waals surface area contributed by atoms with Gasteiger partial charge in [-0.05, 0) is 25.7 Å². The van der Waals surface area contributed by atoms with Crippen LogP contribution in [0.15, 0.2) is 0 Å². The molecule has 0 unspecified atom stereocenters. The second kappa shape index (κ2) is 10.7. The van der Waals surface area contributed by atoms with Crippen LogP contribution < -0.4 is 11.1 Å². The Morgan fingerprint density at radius 3 is 2.23 bits per heavy atom. The van der Waals surface area contributed by atoms with Crippen LogP contribution in [0.3, 0.4) is 0 Å². The first-order chi connectivity index (χ1) is 11.6. The predicted octanol–water partition coefficient (Wildman–Crippen LogP) is 0.398. The maximum Gasteiger partial charge on any atom is 0.240 e. The Labute approximate surface area is 168 Å². The highest BCUT2D eigenvalue weighted by atomic mass is 35.5. The number of halogens is 2.